The zero-order valence-corrected chi connectivity index (χ0v) is 16.9. The van der Waals surface area contributed by atoms with E-state index in [0.717, 1.165) is 12.1 Å². The number of anilines is 1. The smallest absolute Gasteiger partial charge is 0.332 e. The van der Waals surface area contributed by atoms with Crippen LogP contribution in [-0.2, 0) is 16.6 Å². The number of carbonyl (C=O) groups excluding carboxylic acids is 1. The second-order valence-electron chi connectivity index (χ2n) is 6.72. The van der Waals surface area contributed by atoms with Gasteiger partial charge in [-0.3, -0.25) is 4.79 Å². The van der Waals surface area contributed by atoms with Gasteiger partial charge < -0.3 is 9.88 Å². The minimum Gasteiger partial charge on any atom is -0.332 e. The van der Waals surface area contributed by atoms with Gasteiger partial charge in [-0.15, -0.1) is 0 Å². The van der Waals surface area contributed by atoms with Crippen molar-refractivity contribution in [3.8, 4) is 6.07 Å². The molecule has 3 heterocycles. The van der Waals surface area contributed by atoms with Gasteiger partial charge in [-0.05, 0) is 26.0 Å². The van der Waals surface area contributed by atoms with Crippen LogP contribution in [0.15, 0.2) is 23.1 Å². The summed E-state index contributed by atoms with van der Waals surface area (Å²) >= 11 is 0. The number of aromatic nitrogens is 2. The average Bonchev–Trinajstić information content (AvgIpc) is 3.18. The average molecular weight is 457 g/mol. The Kier molecular flexibility index (Phi) is 5.64. The van der Waals surface area contributed by atoms with Crippen molar-refractivity contribution >= 4 is 27.7 Å². The number of alkyl halides is 3. The molecule has 1 aliphatic heterocycles. The van der Waals surface area contributed by atoms with Gasteiger partial charge in [-0.2, -0.15) is 27.5 Å². The maximum Gasteiger partial charge on any atom is 0.404 e. The molecule has 164 valence electrons. The van der Waals surface area contributed by atoms with E-state index in [9.17, 15) is 30.8 Å². The second-order valence-corrected chi connectivity index (χ2v) is 8.37. The van der Waals surface area contributed by atoms with Gasteiger partial charge in [-0.1, -0.05) is 6.08 Å². The Hall–Kier alpha value is -3.24. The van der Waals surface area contributed by atoms with Crippen LogP contribution in [0, 0.1) is 24.2 Å². The van der Waals surface area contributed by atoms with Gasteiger partial charge in [0.1, 0.15) is 28.4 Å². The van der Waals surface area contributed by atoms with Crippen LogP contribution in [0.2, 0.25) is 0 Å². The number of nitrogens with one attached hydrogen (secondary N) is 2. The standard InChI is InChI=1S/C18H15F4N5O3S/c1-9-15(17(28)25-11-6-12(8-23)24-14(19)7-11)27-5-3-4-13(27)16(9)31(29,30)26-10(2)18(20,21)22/h3-4,6-7,10,26H,5H2,1-2H3,(H,24,25,28). The molecule has 0 bridgehead atoms. The van der Waals surface area contributed by atoms with E-state index in [0.29, 0.717) is 6.92 Å². The van der Waals surface area contributed by atoms with E-state index in [1.54, 1.807) is 10.8 Å². The Bertz CT molecular complexity index is 1240. The number of allylic oxidation sites excluding steroid dienone is 1. The highest BCUT2D eigenvalue weighted by atomic mass is 32.2. The SMILES string of the molecule is Cc1c(S(=O)(=O)NC(C)C(F)(F)F)c2n(c1C(=O)Nc1cc(F)nc(C#N)c1)CC=C2. The number of carbonyl (C=O) groups is 1. The van der Waals surface area contributed by atoms with Gasteiger partial charge in [0.2, 0.25) is 16.0 Å². The minimum absolute atomic E-state index is 0.0446. The predicted molar refractivity (Wildman–Crippen MR) is 101 cm³/mol. The molecular formula is C18H15F4N5O3S. The lowest BCUT2D eigenvalue weighted by Crippen LogP contribution is -2.43. The van der Waals surface area contributed by atoms with Gasteiger partial charge >= 0.3 is 6.18 Å². The first-order chi connectivity index (χ1) is 14.3. The molecule has 0 saturated carbocycles. The second kappa shape index (κ2) is 7.78. The third-order valence-electron chi connectivity index (χ3n) is 4.53. The van der Waals surface area contributed by atoms with E-state index < -0.39 is 39.0 Å². The number of rotatable bonds is 5. The molecule has 0 radical (unpaired) electrons. The molecule has 31 heavy (non-hydrogen) atoms. The molecule has 13 heteroatoms. The summed E-state index contributed by atoms with van der Waals surface area (Å²) in [5, 5.41) is 11.2. The number of nitriles is 1. The summed E-state index contributed by atoms with van der Waals surface area (Å²) in [5.41, 5.74) is -0.543. The van der Waals surface area contributed by atoms with Crippen molar-refractivity contribution in [2.45, 2.75) is 37.5 Å². The monoisotopic (exact) mass is 457 g/mol. The number of halogens is 4. The topological polar surface area (TPSA) is 117 Å². The molecule has 1 atom stereocenters. The first kappa shape index (κ1) is 22.4. The number of nitrogens with zero attached hydrogens (tertiary/aromatic N) is 3. The molecule has 3 rings (SSSR count). The Balaban J connectivity index is 2.02. The Morgan fingerprint density at radius 2 is 2.03 bits per heavy atom. The van der Waals surface area contributed by atoms with Crippen LogP contribution in [0.5, 0.6) is 0 Å². The van der Waals surface area contributed by atoms with Crippen molar-refractivity contribution in [2.75, 3.05) is 5.32 Å². The molecule has 0 aromatic carbocycles. The van der Waals surface area contributed by atoms with Crippen molar-refractivity contribution in [2.24, 2.45) is 0 Å². The molecule has 8 nitrogen and oxygen atoms in total. The van der Waals surface area contributed by atoms with Crippen LogP contribution in [0.1, 0.15) is 34.4 Å². The highest BCUT2D eigenvalue weighted by Gasteiger charge is 2.41. The molecule has 0 saturated heterocycles. The number of sulfonamides is 1. The molecule has 2 N–H and O–H groups in total. The van der Waals surface area contributed by atoms with Gasteiger partial charge in [0.15, 0.2) is 0 Å². The van der Waals surface area contributed by atoms with Crippen molar-refractivity contribution in [3.05, 3.63) is 46.8 Å². The molecule has 1 unspecified atom stereocenters. The van der Waals surface area contributed by atoms with E-state index in [1.807, 2.05) is 0 Å². The summed E-state index contributed by atoms with van der Waals surface area (Å²) in [5.74, 6) is -1.84. The highest BCUT2D eigenvalue weighted by molar-refractivity contribution is 7.89. The largest absolute Gasteiger partial charge is 0.404 e. The zero-order chi connectivity index (χ0) is 23.1. The zero-order valence-electron chi connectivity index (χ0n) is 16.1. The van der Waals surface area contributed by atoms with Gasteiger partial charge in [0, 0.05) is 23.9 Å². The van der Waals surface area contributed by atoms with E-state index in [4.69, 9.17) is 5.26 Å². The molecule has 0 fully saturated rings. The third-order valence-corrected chi connectivity index (χ3v) is 6.24. The van der Waals surface area contributed by atoms with Gasteiger partial charge in [0.05, 0.1) is 5.69 Å². The quantitative estimate of drug-likeness (QED) is 0.529. The number of fused-ring (bicyclic) bond motifs is 1. The van der Waals surface area contributed by atoms with E-state index >= 15 is 0 Å². The Labute approximate surface area is 174 Å². The van der Waals surface area contributed by atoms with Crippen LogP contribution in [0.25, 0.3) is 6.08 Å². The first-order valence-electron chi connectivity index (χ1n) is 8.73. The summed E-state index contributed by atoms with van der Waals surface area (Å²) in [7, 11) is -4.64. The van der Waals surface area contributed by atoms with E-state index in [-0.39, 0.29) is 34.9 Å². The van der Waals surface area contributed by atoms with Crippen LogP contribution < -0.4 is 10.0 Å². The summed E-state index contributed by atoms with van der Waals surface area (Å²) < 4.78 is 80.5. The number of amides is 1. The Morgan fingerprint density at radius 3 is 2.65 bits per heavy atom. The number of hydrogen-bond acceptors (Lipinski definition) is 5. The summed E-state index contributed by atoms with van der Waals surface area (Å²) in [6.07, 6.45) is -1.88. The molecule has 0 spiro atoms. The van der Waals surface area contributed by atoms with Crippen molar-refractivity contribution in [3.63, 3.8) is 0 Å². The summed E-state index contributed by atoms with van der Waals surface area (Å²) in [4.78, 5) is 15.7. The third kappa shape index (κ3) is 4.30. The Morgan fingerprint density at radius 1 is 1.35 bits per heavy atom. The maximum atomic E-state index is 13.5. The lowest BCUT2D eigenvalue weighted by Gasteiger charge is -2.17. The van der Waals surface area contributed by atoms with E-state index in [2.05, 4.69) is 10.3 Å². The molecular weight excluding hydrogens is 442 g/mol. The number of hydrogen-bond donors (Lipinski definition) is 2. The molecule has 1 aliphatic rings. The lowest BCUT2D eigenvalue weighted by molar-refractivity contribution is -0.147. The minimum atomic E-state index is -4.80. The molecule has 1 amide bonds. The van der Waals surface area contributed by atoms with Crippen LogP contribution >= 0.6 is 0 Å². The van der Waals surface area contributed by atoms with Crippen LogP contribution in [0.3, 0.4) is 0 Å². The normalized spacial score (nSPS) is 14.2. The van der Waals surface area contributed by atoms with Crippen molar-refractivity contribution < 1.29 is 30.8 Å². The van der Waals surface area contributed by atoms with E-state index in [1.165, 1.54) is 23.6 Å². The predicted octanol–water partition coefficient (Wildman–Crippen LogP) is 2.71. The molecule has 0 aliphatic carbocycles. The molecule has 2 aromatic heterocycles. The van der Waals surface area contributed by atoms with Crippen LogP contribution in [0.4, 0.5) is 23.2 Å². The van der Waals surface area contributed by atoms with Gasteiger partial charge in [0.25, 0.3) is 5.91 Å². The lowest BCUT2D eigenvalue weighted by atomic mass is 10.2. The fourth-order valence-electron chi connectivity index (χ4n) is 3.18. The molecule has 2 aromatic rings. The fourth-order valence-corrected chi connectivity index (χ4v) is 4.85. The van der Waals surface area contributed by atoms with Gasteiger partial charge in [-0.25, -0.2) is 13.4 Å². The fraction of sp³-hybridized carbons (Fsp3) is 0.278. The summed E-state index contributed by atoms with van der Waals surface area (Å²) in [6, 6.07) is 1.27. The first-order valence-corrected chi connectivity index (χ1v) is 10.2. The van der Waals surface area contributed by atoms with Crippen LogP contribution in [-0.4, -0.2) is 36.1 Å². The number of pyridine rings is 1. The highest BCUT2D eigenvalue weighted by Crippen LogP contribution is 2.33. The summed E-state index contributed by atoms with van der Waals surface area (Å²) in [6.45, 7) is 2.06. The van der Waals surface area contributed by atoms with Crippen molar-refractivity contribution in [1.29, 1.82) is 5.26 Å². The van der Waals surface area contributed by atoms with Crippen molar-refractivity contribution in [1.82, 2.24) is 14.3 Å². The maximum absolute atomic E-state index is 13.5.